The highest BCUT2D eigenvalue weighted by Gasteiger charge is 2.36. The first-order valence-corrected chi connectivity index (χ1v) is 20.4. The first-order valence-electron chi connectivity index (χ1n) is 18.6. The zero-order valence-electron chi connectivity index (χ0n) is 32.5. The van der Waals surface area contributed by atoms with Crippen LogP contribution in [0.5, 0.6) is 5.75 Å². The second-order valence-corrected chi connectivity index (χ2v) is 16.3. The SMILES string of the molecule is C=CCCCCOC(C)(C)C(=O)N1CCCC1C.COc1ccc2c(=O)cc(-c3nc(C(C)C)cs3)[nH]c2c1C.O=CNC1CC1.O=CNSC1CC1. The summed E-state index contributed by atoms with van der Waals surface area (Å²) in [6.45, 7) is 17.3. The Hall–Kier alpha value is -3.68. The molecule has 3 N–H and O–H groups in total. The van der Waals surface area contributed by atoms with E-state index in [0.717, 1.165) is 89.9 Å². The van der Waals surface area contributed by atoms with Crippen molar-refractivity contribution in [1.29, 1.82) is 0 Å². The lowest BCUT2D eigenvalue weighted by Gasteiger charge is -2.32. The number of allylic oxidation sites excluding steroid dienone is 1. The number of aryl methyl sites for hydroxylation is 1. The molecule has 6 rings (SSSR count). The van der Waals surface area contributed by atoms with Crippen LogP contribution in [0.25, 0.3) is 21.6 Å². The van der Waals surface area contributed by atoms with Crippen LogP contribution in [0.3, 0.4) is 0 Å². The van der Waals surface area contributed by atoms with Crippen molar-refractivity contribution in [3.8, 4) is 16.5 Å². The van der Waals surface area contributed by atoms with Gasteiger partial charge in [-0.25, -0.2) is 4.98 Å². The summed E-state index contributed by atoms with van der Waals surface area (Å²) in [7, 11) is 1.63. The van der Waals surface area contributed by atoms with Gasteiger partial charge in [0.2, 0.25) is 12.8 Å². The fraction of sp³-hybridized carbons (Fsp3) is 0.575. The highest BCUT2D eigenvalue weighted by Crippen LogP contribution is 2.31. The normalized spacial score (nSPS) is 16.3. The Balaban J connectivity index is 0.000000216. The van der Waals surface area contributed by atoms with Crippen molar-refractivity contribution in [3.63, 3.8) is 0 Å². The van der Waals surface area contributed by atoms with Gasteiger partial charge in [0, 0.05) is 52.9 Å². The van der Waals surface area contributed by atoms with Crippen molar-refractivity contribution in [2.45, 2.75) is 128 Å². The molecule has 2 aromatic heterocycles. The van der Waals surface area contributed by atoms with Gasteiger partial charge in [-0.1, -0.05) is 19.9 Å². The molecule has 3 heterocycles. The van der Waals surface area contributed by atoms with Crippen molar-refractivity contribution < 1.29 is 23.9 Å². The topological polar surface area (TPSA) is 143 Å². The number of fused-ring (bicyclic) bond motifs is 1. The van der Waals surface area contributed by atoms with Crippen LogP contribution in [0.4, 0.5) is 0 Å². The molecule has 13 heteroatoms. The van der Waals surface area contributed by atoms with Gasteiger partial charge < -0.3 is 29.4 Å². The minimum Gasteiger partial charge on any atom is -0.496 e. The first-order chi connectivity index (χ1) is 25.4. The summed E-state index contributed by atoms with van der Waals surface area (Å²) in [4.78, 5) is 53.8. The molecule has 292 valence electrons. The molecule has 1 saturated heterocycles. The molecule has 3 amide bonds. The van der Waals surface area contributed by atoms with Crippen LogP contribution in [0.1, 0.15) is 110 Å². The van der Waals surface area contributed by atoms with Crippen LogP contribution < -0.4 is 20.2 Å². The van der Waals surface area contributed by atoms with E-state index >= 15 is 0 Å². The summed E-state index contributed by atoms with van der Waals surface area (Å²) in [5, 5.41) is 6.92. The van der Waals surface area contributed by atoms with Gasteiger partial charge >= 0.3 is 0 Å². The number of hydrogen-bond donors (Lipinski definition) is 3. The summed E-state index contributed by atoms with van der Waals surface area (Å²) < 4.78 is 13.7. The molecule has 0 spiro atoms. The molecule has 3 aliphatic rings. The van der Waals surface area contributed by atoms with E-state index in [9.17, 15) is 19.2 Å². The number of nitrogens with one attached hydrogen (secondary N) is 3. The number of aromatic amines is 1. The number of pyridine rings is 1. The van der Waals surface area contributed by atoms with Gasteiger partial charge in [-0.05, 0) is 115 Å². The lowest BCUT2D eigenvalue weighted by atomic mass is 10.1. The average Bonchev–Trinajstić information content (AvgIpc) is 4.05. The second-order valence-electron chi connectivity index (χ2n) is 14.3. The number of H-pyrrole nitrogens is 1. The van der Waals surface area contributed by atoms with E-state index in [4.69, 9.17) is 9.47 Å². The Morgan fingerprint density at radius 3 is 2.43 bits per heavy atom. The number of likely N-dealkylation sites (tertiary alicyclic amines) is 1. The number of carbonyl (C=O) groups excluding carboxylic acids is 3. The van der Waals surface area contributed by atoms with Crippen LogP contribution >= 0.6 is 23.3 Å². The largest absolute Gasteiger partial charge is 0.496 e. The molecule has 53 heavy (non-hydrogen) atoms. The third kappa shape index (κ3) is 14.2. The third-order valence-electron chi connectivity index (χ3n) is 9.06. The van der Waals surface area contributed by atoms with Crippen LogP contribution in [0.15, 0.2) is 41.0 Å². The number of hydrogen-bond acceptors (Lipinski definition) is 9. The molecule has 1 aliphatic heterocycles. The molecular weight excluding hydrogens is 711 g/mol. The van der Waals surface area contributed by atoms with E-state index in [1.807, 2.05) is 43.2 Å². The van der Waals surface area contributed by atoms with Crippen LogP contribution in [0, 0.1) is 6.92 Å². The number of carbonyl (C=O) groups is 3. The van der Waals surface area contributed by atoms with Crippen molar-refractivity contribution in [2.75, 3.05) is 20.3 Å². The Morgan fingerprint density at radius 1 is 1.17 bits per heavy atom. The van der Waals surface area contributed by atoms with Gasteiger partial charge in [0.05, 0.1) is 24.0 Å². The fourth-order valence-corrected chi connectivity index (χ4v) is 7.04. The Labute approximate surface area is 323 Å². The number of methoxy groups -OCH3 is 1. The zero-order valence-corrected chi connectivity index (χ0v) is 34.1. The predicted molar refractivity (Wildman–Crippen MR) is 218 cm³/mol. The maximum Gasteiger partial charge on any atom is 0.254 e. The third-order valence-corrected chi connectivity index (χ3v) is 11.0. The molecule has 0 radical (unpaired) electrons. The molecule has 2 aliphatic carbocycles. The molecule has 2 saturated carbocycles. The van der Waals surface area contributed by atoms with Crippen LogP contribution in [-0.4, -0.2) is 76.8 Å². The summed E-state index contributed by atoms with van der Waals surface area (Å²) in [5.74, 6) is 1.28. The van der Waals surface area contributed by atoms with E-state index in [1.165, 1.54) is 37.6 Å². The van der Waals surface area contributed by atoms with Gasteiger partial charge in [0.15, 0.2) is 5.43 Å². The zero-order chi connectivity index (χ0) is 39.0. The maximum absolute atomic E-state index is 12.4. The maximum atomic E-state index is 12.4. The Morgan fingerprint density at radius 2 is 1.91 bits per heavy atom. The second kappa shape index (κ2) is 21.9. The predicted octanol–water partition coefficient (Wildman–Crippen LogP) is 7.68. The van der Waals surface area contributed by atoms with Gasteiger partial charge in [-0.3, -0.25) is 19.2 Å². The van der Waals surface area contributed by atoms with Gasteiger partial charge in [-0.2, -0.15) is 0 Å². The summed E-state index contributed by atoms with van der Waals surface area (Å²) in [6.07, 6.45) is 13.6. The lowest BCUT2D eigenvalue weighted by molar-refractivity contribution is -0.155. The van der Waals surface area contributed by atoms with Gasteiger partial charge in [0.1, 0.15) is 16.4 Å². The Bertz CT molecular complexity index is 1680. The van der Waals surface area contributed by atoms with Gasteiger partial charge in [-0.15, -0.1) is 17.9 Å². The molecule has 11 nitrogen and oxygen atoms in total. The van der Waals surface area contributed by atoms with E-state index in [1.54, 1.807) is 30.6 Å². The van der Waals surface area contributed by atoms with Crippen molar-refractivity contribution in [3.05, 3.63) is 57.7 Å². The molecule has 3 aromatic rings. The summed E-state index contributed by atoms with van der Waals surface area (Å²) in [5.41, 5.74) is 2.85. The van der Waals surface area contributed by atoms with E-state index in [0.29, 0.717) is 30.0 Å². The minimum atomic E-state index is -0.688. The highest BCUT2D eigenvalue weighted by molar-refractivity contribution is 7.98. The van der Waals surface area contributed by atoms with Gasteiger partial charge in [0.25, 0.3) is 5.91 Å². The first kappa shape index (κ1) is 43.7. The molecule has 0 bridgehead atoms. The standard InChI is InChI=1S/C17H18N2O2S.C15H27NO2.C4H7NOS.C4H7NO/c1-9(2)13-8-22-17(19-13)12-7-14(20)11-5-6-15(21-4)10(3)16(11)18-12;1-5-6-7-8-12-18-15(3,4)14(17)16-11-9-10-13(16)2;6-3-5-7-4-1-2-4;6-3-5-4-1-2-4/h5-9H,1-4H3,(H,18,20);5,13H,1,6-12H2,2-4H3;3-4H,1-2H2,(H,5,6);3-4H,1-2H2,(H,5,6). The number of nitrogens with zero attached hydrogens (tertiary/aromatic N) is 2. The van der Waals surface area contributed by atoms with E-state index < -0.39 is 5.60 Å². The van der Waals surface area contributed by atoms with E-state index in [-0.39, 0.29) is 11.3 Å². The average molecular weight is 770 g/mol. The smallest absolute Gasteiger partial charge is 0.254 e. The summed E-state index contributed by atoms with van der Waals surface area (Å²) in [6, 6.07) is 6.14. The van der Waals surface area contributed by atoms with Crippen molar-refractivity contribution in [1.82, 2.24) is 24.9 Å². The minimum absolute atomic E-state index is 0.00389. The van der Waals surface area contributed by atoms with Crippen LogP contribution in [-0.2, 0) is 19.1 Å². The Kier molecular flexibility index (Phi) is 18.1. The number of amides is 3. The number of benzene rings is 1. The molecule has 1 atom stereocenters. The highest BCUT2D eigenvalue weighted by atomic mass is 32.2. The van der Waals surface area contributed by atoms with Crippen molar-refractivity contribution in [2.24, 2.45) is 0 Å². The van der Waals surface area contributed by atoms with Crippen LogP contribution in [0.2, 0.25) is 0 Å². The molecule has 1 aromatic carbocycles. The number of unbranched alkanes of at least 4 members (excludes halogenated alkanes) is 2. The van der Waals surface area contributed by atoms with E-state index in [2.05, 4.69) is 47.4 Å². The van der Waals surface area contributed by atoms with Crippen molar-refractivity contribution >= 4 is 52.9 Å². The molecule has 3 fully saturated rings. The molecule has 1 unspecified atom stereocenters. The molecular formula is C40H59N5O6S2. The quantitative estimate of drug-likeness (QED) is 0.0619. The lowest BCUT2D eigenvalue weighted by Crippen LogP contribution is -2.48. The number of rotatable bonds is 15. The monoisotopic (exact) mass is 769 g/mol. The number of aromatic nitrogens is 2. The fourth-order valence-electron chi connectivity index (χ4n) is 5.47. The number of ether oxygens (including phenoxy) is 2. The number of thiazole rings is 1. The summed E-state index contributed by atoms with van der Waals surface area (Å²) >= 11 is 3.08.